The summed E-state index contributed by atoms with van der Waals surface area (Å²) in [6.07, 6.45) is 7.68. The number of carbonyl (C=O) groups excluding carboxylic acids is 1. The number of ether oxygens (including phenoxy) is 1. The van der Waals surface area contributed by atoms with Crippen LogP contribution in [0.15, 0.2) is 24.3 Å². The van der Waals surface area contributed by atoms with Crippen molar-refractivity contribution in [3.8, 4) is 11.8 Å². The van der Waals surface area contributed by atoms with E-state index in [-0.39, 0.29) is 11.9 Å². The lowest BCUT2D eigenvalue weighted by Crippen LogP contribution is -2.42. The van der Waals surface area contributed by atoms with Gasteiger partial charge >= 0.3 is 0 Å². The van der Waals surface area contributed by atoms with Crippen molar-refractivity contribution in [3.63, 3.8) is 0 Å². The Kier molecular flexibility index (Phi) is 6.27. The summed E-state index contributed by atoms with van der Waals surface area (Å²) in [5.41, 5.74) is 0.452. The van der Waals surface area contributed by atoms with Crippen LogP contribution < -0.4 is 10.1 Å². The summed E-state index contributed by atoms with van der Waals surface area (Å²) in [6.45, 7) is 1.73. The molecule has 118 valence electrons. The Labute approximate surface area is 132 Å². The molecular weight excluding hydrogens is 276 g/mol. The minimum Gasteiger partial charge on any atom is -0.480 e. The molecule has 4 nitrogen and oxygen atoms in total. The van der Waals surface area contributed by atoms with Gasteiger partial charge < -0.3 is 10.1 Å². The predicted molar refractivity (Wildman–Crippen MR) is 85.5 cm³/mol. The maximum atomic E-state index is 12.3. The van der Waals surface area contributed by atoms with Crippen molar-refractivity contribution in [2.75, 3.05) is 0 Å². The van der Waals surface area contributed by atoms with Crippen LogP contribution in [0.1, 0.15) is 57.4 Å². The van der Waals surface area contributed by atoms with E-state index in [1.165, 1.54) is 32.1 Å². The van der Waals surface area contributed by atoms with Crippen LogP contribution in [0.25, 0.3) is 0 Å². The Bertz CT molecular complexity index is 528. The van der Waals surface area contributed by atoms with Crippen LogP contribution in [0.4, 0.5) is 0 Å². The van der Waals surface area contributed by atoms with Crippen LogP contribution in [-0.2, 0) is 4.79 Å². The normalized spacial score (nSPS) is 17.6. The number of hydrogen-bond acceptors (Lipinski definition) is 3. The van der Waals surface area contributed by atoms with E-state index in [0.29, 0.717) is 11.3 Å². The molecule has 1 amide bonds. The third kappa shape index (κ3) is 4.77. The minimum absolute atomic E-state index is 0.0988. The number of nitriles is 1. The van der Waals surface area contributed by atoms with Gasteiger partial charge in [-0.25, -0.2) is 0 Å². The number of benzene rings is 1. The van der Waals surface area contributed by atoms with Crippen molar-refractivity contribution in [3.05, 3.63) is 29.8 Å². The van der Waals surface area contributed by atoms with Crippen molar-refractivity contribution in [1.29, 1.82) is 5.26 Å². The Morgan fingerprint density at radius 3 is 2.55 bits per heavy atom. The summed E-state index contributed by atoms with van der Waals surface area (Å²) in [4.78, 5) is 12.3. The average molecular weight is 300 g/mol. The van der Waals surface area contributed by atoms with Gasteiger partial charge in [0.1, 0.15) is 11.8 Å². The first-order valence-corrected chi connectivity index (χ1v) is 8.17. The lowest BCUT2D eigenvalue weighted by molar-refractivity contribution is -0.128. The maximum Gasteiger partial charge on any atom is 0.260 e. The van der Waals surface area contributed by atoms with E-state index in [2.05, 4.69) is 11.4 Å². The van der Waals surface area contributed by atoms with Gasteiger partial charge in [0.05, 0.1) is 5.56 Å². The zero-order valence-corrected chi connectivity index (χ0v) is 13.2. The molecule has 1 aromatic carbocycles. The van der Waals surface area contributed by atoms with E-state index in [0.717, 1.165) is 12.8 Å². The van der Waals surface area contributed by atoms with Crippen LogP contribution in [0.2, 0.25) is 0 Å². The highest BCUT2D eigenvalue weighted by molar-refractivity contribution is 5.81. The summed E-state index contributed by atoms with van der Waals surface area (Å²) in [7, 11) is 0. The van der Waals surface area contributed by atoms with Gasteiger partial charge in [0, 0.05) is 6.04 Å². The summed E-state index contributed by atoms with van der Waals surface area (Å²) in [5, 5.41) is 12.2. The van der Waals surface area contributed by atoms with Crippen molar-refractivity contribution in [2.24, 2.45) is 0 Å². The lowest BCUT2D eigenvalue weighted by Gasteiger charge is -2.23. The maximum absolute atomic E-state index is 12.3. The predicted octanol–water partition coefficient (Wildman–Crippen LogP) is 3.55. The Hall–Kier alpha value is -2.02. The molecule has 1 fully saturated rings. The molecule has 1 atom stereocenters. The van der Waals surface area contributed by atoms with E-state index < -0.39 is 6.10 Å². The fourth-order valence-electron chi connectivity index (χ4n) is 2.82. The molecule has 0 aliphatic heterocycles. The molecule has 1 saturated carbocycles. The highest BCUT2D eigenvalue weighted by Crippen LogP contribution is 2.19. The fraction of sp³-hybridized carbons (Fsp3) is 0.556. The van der Waals surface area contributed by atoms with Gasteiger partial charge in [-0.15, -0.1) is 0 Å². The number of para-hydroxylation sites is 1. The number of hydrogen-bond donors (Lipinski definition) is 1. The quantitative estimate of drug-likeness (QED) is 0.925. The molecule has 0 saturated heterocycles. The van der Waals surface area contributed by atoms with Crippen molar-refractivity contribution in [1.82, 2.24) is 5.32 Å². The van der Waals surface area contributed by atoms with Gasteiger partial charge in [0.25, 0.3) is 5.91 Å². The standard InChI is InChI=1S/C18H24N2O2/c1-14(22-17-12-8-7-9-15(17)13-19)18(21)20-16-10-5-3-2-4-6-11-16/h7-9,12,14,16H,2-6,10-11H2,1H3,(H,20,21). The minimum atomic E-state index is -0.597. The molecule has 4 heteroatoms. The first-order chi connectivity index (χ1) is 10.7. The number of carbonyl (C=O) groups is 1. The molecule has 0 aromatic heterocycles. The zero-order valence-electron chi connectivity index (χ0n) is 13.2. The fourth-order valence-corrected chi connectivity index (χ4v) is 2.82. The first kappa shape index (κ1) is 16.4. The molecule has 0 radical (unpaired) electrons. The molecule has 22 heavy (non-hydrogen) atoms. The van der Waals surface area contributed by atoms with Crippen molar-refractivity contribution in [2.45, 2.75) is 64.0 Å². The molecule has 1 aromatic rings. The Morgan fingerprint density at radius 2 is 1.86 bits per heavy atom. The summed E-state index contributed by atoms with van der Waals surface area (Å²) in [6, 6.07) is 9.33. The highest BCUT2D eigenvalue weighted by atomic mass is 16.5. The molecule has 1 aliphatic rings. The van der Waals surface area contributed by atoms with E-state index >= 15 is 0 Å². The molecule has 1 N–H and O–H groups in total. The largest absolute Gasteiger partial charge is 0.480 e. The molecule has 0 spiro atoms. The number of rotatable bonds is 4. The number of nitrogens with one attached hydrogen (secondary N) is 1. The van der Waals surface area contributed by atoms with E-state index in [9.17, 15) is 4.79 Å². The molecule has 0 heterocycles. The van der Waals surface area contributed by atoms with Crippen LogP contribution in [0.3, 0.4) is 0 Å². The van der Waals surface area contributed by atoms with Crippen LogP contribution in [0.5, 0.6) is 5.75 Å². The van der Waals surface area contributed by atoms with Crippen molar-refractivity contribution < 1.29 is 9.53 Å². The second kappa shape index (κ2) is 8.43. The number of amides is 1. The number of nitrogens with zero attached hydrogens (tertiary/aromatic N) is 1. The first-order valence-electron chi connectivity index (χ1n) is 8.17. The smallest absolute Gasteiger partial charge is 0.260 e. The Morgan fingerprint density at radius 1 is 1.23 bits per heavy atom. The third-order valence-corrected chi connectivity index (χ3v) is 4.13. The molecular formula is C18H24N2O2. The summed E-state index contributed by atoms with van der Waals surface area (Å²) < 4.78 is 5.66. The van der Waals surface area contributed by atoms with Gasteiger partial charge in [-0.2, -0.15) is 5.26 Å². The van der Waals surface area contributed by atoms with Crippen LogP contribution in [-0.4, -0.2) is 18.1 Å². The molecule has 2 rings (SSSR count). The van der Waals surface area contributed by atoms with Crippen molar-refractivity contribution >= 4 is 5.91 Å². The topological polar surface area (TPSA) is 62.1 Å². The second-order valence-corrected chi connectivity index (χ2v) is 5.92. The highest BCUT2D eigenvalue weighted by Gasteiger charge is 2.20. The zero-order chi connectivity index (χ0) is 15.8. The second-order valence-electron chi connectivity index (χ2n) is 5.92. The Balaban J connectivity index is 1.90. The van der Waals surface area contributed by atoms with E-state index in [1.54, 1.807) is 31.2 Å². The SMILES string of the molecule is CC(Oc1ccccc1C#N)C(=O)NC1CCCCCCC1. The summed E-state index contributed by atoms with van der Waals surface area (Å²) >= 11 is 0. The van der Waals surface area contributed by atoms with Gasteiger partial charge in [-0.05, 0) is 31.9 Å². The molecule has 1 aliphatic carbocycles. The van der Waals surface area contributed by atoms with Gasteiger partial charge in [-0.1, -0.05) is 44.2 Å². The molecule has 1 unspecified atom stereocenters. The van der Waals surface area contributed by atoms with Crippen LogP contribution in [0, 0.1) is 11.3 Å². The van der Waals surface area contributed by atoms with Gasteiger partial charge in [0.2, 0.25) is 0 Å². The molecule has 0 bridgehead atoms. The van der Waals surface area contributed by atoms with Gasteiger partial charge in [0.15, 0.2) is 6.10 Å². The van der Waals surface area contributed by atoms with Gasteiger partial charge in [-0.3, -0.25) is 4.79 Å². The van der Waals surface area contributed by atoms with E-state index in [1.807, 2.05) is 0 Å². The summed E-state index contributed by atoms with van der Waals surface area (Å²) in [5.74, 6) is 0.364. The average Bonchev–Trinajstić information content (AvgIpc) is 2.50. The van der Waals surface area contributed by atoms with Crippen LogP contribution >= 0.6 is 0 Å². The lowest BCUT2D eigenvalue weighted by atomic mass is 9.96. The third-order valence-electron chi connectivity index (χ3n) is 4.13. The van der Waals surface area contributed by atoms with E-state index in [4.69, 9.17) is 10.00 Å². The monoisotopic (exact) mass is 300 g/mol.